The number of carbonyl (C=O) groups is 1. The highest BCUT2D eigenvalue weighted by Gasteiger charge is 1.97. The number of hydrogen-bond donors (Lipinski definition) is 1. The molecule has 1 amide bonds. The Balaban J connectivity index is 1.74. The third-order valence-electron chi connectivity index (χ3n) is 5.27. The van der Waals surface area contributed by atoms with Crippen LogP contribution in [0.15, 0.2) is 28.9 Å². The van der Waals surface area contributed by atoms with Crippen molar-refractivity contribution in [1.82, 2.24) is 5.32 Å². The zero-order valence-electron chi connectivity index (χ0n) is 18.2. The van der Waals surface area contributed by atoms with Crippen LogP contribution in [0.3, 0.4) is 0 Å². The first-order valence-electron chi connectivity index (χ1n) is 11.8. The van der Waals surface area contributed by atoms with Crippen molar-refractivity contribution in [2.75, 3.05) is 6.54 Å². The molecule has 0 bridgehead atoms. The molecule has 0 unspecified atom stereocenters. The van der Waals surface area contributed by atoms with Crippen LogP contribution in [-0.4, -0.2) is 12.5 Å². The third kappa shape index (κ3) is 15.5. The van der Waals surface area contributed by atoms with Crippen LogP contribution in [0.5, 0.6) is 0 Å². The lowest BCUT2D eigenvalue weighted by Gasteiger charge is -2.04. The van der Waals surface area contributed by atoms with Gasteiger partial charge in [0.25, 0.3) is 0 Å². The van der Waals surface area contributed by atoms with Gasteiger partial charge >= 0.3 is 0 Å². The highest BCUT2D eigenvalue weighted by atomic mass is 16.3. The number of nitrogens with one attached hydrogen (secondary N) is 1. The van der Waals surface area contributed by atoms with Gasteiger partial charge in [-0.15, -0.1) is 0 Å². The van der Waals surface area contributed by atoms with Crippen LogP contribution in [0.2, 0.25) is 0 Å². The first-order chi connectivity index (χ1) is 13.8. The summed E-state index contributed by atoms with van der Waals surface area (Å²) in [6.45, 7) is 3.05. The second-order valence-corrected chi connectivity index (χ2v) is 7.94. The molecule has 1 aromatic heterocycles. The number of furan rings is 1. The summed E-state index contributed by atoms with van der Waals surface area (Å²) in [7, 11) is 0. The highest BCUT2D eigenvalue weighted by molar-refractivity contribution is 5.91. The van der Waals surface area contributed by atoms with E-state index in [0.29, 0.717) is 5.76 Å². The lowest BCUT2D eigenvalue weighted by atomic mass is 10.0. The fourth-order valence-corrected chi connectivity index (χ4v) is 3.49. The van der Waals surface area contributed by atoms with Crippen molar-refractivity contribution >= 4 is 12.0 Å². The van der Waals surface area contributed by atoms with Gasteiger partial charge in [0.05, 0.1) is 6.26 Å². The van der Waals surface area contributed by atoms with Crippen molar-refractivity contribution < 1.29 is 9.21 Å². The summed E-state index contributed by atoms with van der Waals surface area (Å²) in [6, 6.07) is 3.65. The Kier molecular flexibility index (Phi) is 16.5. The molecule has 160 valence electrons. The molecule has 3 heteroatoms. The molecular weight excluding hydrogens is 346 g/mol. The maximum Gasteiger partial charge on any atom is 0.244 e. The fraction of sp³-hybridized carbons (Fsp3) is 0.720. The van der Waals surface area contributed by atoms with Crippen LogP contribution in [0.25, 0.3) is 6.08 Å². The Bertz CT molecular complexity index is 479. The molecule has 0 radical (unpaired) electrons. The Hall–Kier alpha value is -1.51. The molecule has 1 aromatic rings. The summed E-state index contributed by atoms with van der Waals surface area (Å²) in [5, 5.41) is 2.93. The number of unbranched alkanes of at least 4 members (excludes halogenated alkanes) is 15. The first kappa shape index (κ1) is 24.5. The van der Waals surface area contributed by atoms with Crippen LogP contribution in [0.4, 0.5) is 0 Å². The van der Waals surface area contributed by atoms with Crippen molar-refractivity contribution in [3.8, 4) is 0 Å². The van der Waals surface area contributed by atoms with Crippen molar-refractivity contribution in [3.05, 3.63) is 30.2 Å². The van der Waals surface area contributed by atoms with Gasteiger partial charge < -0.3 is 9.73 Å². The summed E-state index contributed by atoms with van der Waals surface area (Å²) in [5.74, 6) is 0.662. The smallest absolute Gasteiger partial charge is 0.244 e. The van der Waals surface area contributed by atoms with E-state index in [4.69, 9.17) is 4.42 Å². The predicted molar refractivity (Wildman–Crippen MR) is 120 cm³/mol. The van der Waals surface area contributed by atoms with E-state index >= 15 is 0 Å². The minimum absolute atomic E-state index is 0.0441. The topological polar surface area (TPSA) is 42.2 Å². The van der Waals surface area contributed by atoms with Crippen molar-refractivity contribution in [3.63, 3.8) is 0 Å². The average Bonchev–Trinajstić information content (AvgIpc) is 3.22. The molecule has 1 rings (SSSR count). The van der Waals surface area contributed by atoms with E-state index in [1.54, 1.807) is 12.3 Å². The molecule has 0 aliphatic carbocycles. The normalized spacial score (nSPS) is 11.3. The van der Waals surface area contributed by atoms with E-state index < -0.39 is 0 Å². The third-order valence-corrected chi connectivity index (χ3v) is 5.27. The van der Waals surface area contributed by atoms with Crippen LogP contribution in [0.1, 0.15) is 115 Å². The quantitative estimate of drug-likeness (QED) is 0.195. The zero-order chi connectivity index (χ0) is 20.1. The minimum Gasteiger partial charge on any atom is -0.465 e. The molecule has 0 saturated carbocycles. The summed E-state index contributed by atoms with van der Waals surface area (Å²) in [5.41, 5.74) is 0. The Morgan fingerprint density at radius 2 is 1.32 bits per heavy atom. The standard InChI is InChI=1S/C25H43NO2/c1-2-3-4-5-6-7-8-9-10-11-12-13-14-15-16-17-22-26-25(27)21-20-24-19-18-23-28-24/h18-21,23H,2-17,22H2,1H3,(H,26,27)/b21-20+. The van der Waals surface area contributed by atoms with Crippen molar-refractivity contribution in [2.24, 2.45) is 0 Å². The van der Waals surface area contributed by atoms with Crippen LogP contribution < -0.4 is 5.32 Å². The van der Waals surface area contributed by atoms with Gasteiger partial charge in [-0.05, 0) is 24.6 Å². The van der Waals surface area contributed by atoms with Gasteiger partial charge in [0.2, 0.25) is 5.91 Å². The van der Waals surface area contributed by atoms with Crippen molar-refractivity contribution in [2.45, 2.75) is 110 Å². The summed E-state index contributed by atoms with van der Waals surface area (Å²) >= 11 is 0. The second kappa shape index (κ2) is 18.8. The van der Waals surface area contributed by atoms with E-state index in [-0.39, 0.29) is 5.91 Å². The van der Waals surface area contributed by atoms with Crippen molar-refractivity contribution in [1.29, 1.82) is 0 Å². The first-order valence-corrected chi connectivity index (χ1v) is 11.8. The molecule has 28 heavy (non-hydrogen) atoms. The van der Waals surface area contributed by atoms with Gasteiger partial charge in [-0.2, -0.15) is 0 Å². The monoisotopic (exact) mass is 389 g/mol. The van der Waals surface area contributed by atoms with Gasteiger partial charge in [-0.1, -0.05) is 103 Å². The number of amides is 1. The Morgan fingerprint density at radius 3 is 1.79 bits per heavy atom. The van der Waals surface area contributed by atoms with Gasteiger partial charge in [-0.3, -0.25) is 4.79 Å². The number of hydrogen-bond acceptors (Lipinski definition) is 2. The van der Waals surface area contributed by atoms with E-state index in [9.17, 15) is 4.79 Å². The molecule has 0 atom stereocenters. The largest absolute Gasteiger partial charge is 0.465 e. The van der Waals surface area contributed by atoms with Crippen LogP contribution >= 0.6 is 0 Å². The zero-order valence-corrected chi connectivity index (χ0v) is 18.2. The molecule has 1 heterocycles. The molecule has 0 saturated heterocycles. The van der Waals surface area contributed by atoms with Gasteiger partial charge in [0, 0.05) is 12.6 Å². The highest BCUT2D eigenvalue weighted by Crippen LogP contribution is 2.13. The maximum absolute atomic E-state index is 11.7. The second-order valence-electron chi connectivity index (χ2n) is 7.94. The lowest BCUT2D eigenvalue weighted by molar-refractivity contribution is -0.116. The molecule has 0 aromatic carbocycles. The molecular formula is C25H43NO2. The van der Waals surface area contributed by atoms with Crippen LogP contribution in [-0.2, 0) is 4.79 Å². The summed E-state index contributed by atoms with van der Waals surface area (Å²) in [4.78, 5) is 11.7. The van der Waals surface area contributed by atoms with Crippen LogP contribution in [0, 0.1) is 0 Å². The number of rotatable bonds is 19. The molecule has 0 aliphatic heterocycles. The average molecular weight is 390 g/mol. The molecule has 0 aliphatic rings. The summed E-state index contributed by atoms with van der Waals surface area (Å²) in [6.07, 6.45) is 26.7. The van der Waals surface area contributed by atoms with E-state index in [1.807, 2.05) is 12.1 Å². The number of carbonyl (C=O) groups excluding carboxylic acids is 1. The predicted octanol–water partition coefficient (Wildman–Crippen LogP) is 7.67. The van der Waals surface area contributed by atoms with Gasteiger partial charge in [-0.25, -0.2) is 0 Å². The molecule has 3 nitrogen and oxygen atoms in total. The summed E-state index contributed by atoms with van der Waals surface area (Å²) < 4.78 is 5.16. The van der Waals surface area contributed by atoms with E-state index in [2.05, 4.69) is 12.2 Å². The SMILES string of the molecule is CCCCCCCCCCCCCCCCCCNC(=O)/C=C/c1ccco1. The maximum atomic E-state index is 11.7. The molecule has 1 N–H and O–H groups in total. The van der Waals surface area contributed by atoms with E-state index in [0.717, 1.165) is 13.0 Å². The molecule has 0 spiro atoms. The van der Waals surface area contributed by atoms with Gasteiger partial charge in [0.1, 0.15) is 5.76 Å². The Labute approximate surface area is 173 Å². The minimum atomic E-state index is -0.0441. The molecule has 0 fully saturated rings. The van der Waals surface area contributed by atoms with Gasteiger partial charge in [0.15, 0.2) is 0 Å². The fourth-order valence-electron chi connectivity index (χ4n) is 3.49. The lowest BCUT2D eigenvalue weighted by Crippen LogP contribution is -2.21. The Morgan fingerprint density at radius 1 is 0.821 bits per heavy atom. The van der Waals surface area contributed by atoms with E-state index in [1.165, 1.54) is 102 Å².